The van der Waals surface area contributed by atoms with Gasteiger partial charge >= 0.3 is 0 Å². The molecule has 2 aliphatic heterocycles. The normalized spacial score (nSPS) is 24.4. The molecule has 2 saturated heterocycles. The Morgan fingerprint density at radius 1 is 1.39 bits per heavy atom. The van der Waals surface area contributed by atoms with E-state index >= 15 is 0 Å². The number of hydrogen-bond donors (Lipinski definition) is 1. The van der Waals surface area contributed by atoms with E-state index < -0.39 is 0 Å². The zero-order valence-corrected chi connectivity index (χ0v) is 14.2. The Labute approximate surface area is 140 Å². The van der Waals surface area contributed by atoms with Crippen molar-refractivity contribution in [3.63, 3.8) is 0 Å². The summed E-state index contributed by atoms with van der Waals surface area (Å²) in [7, 11) is 4.01. The summed E-state index contributed by atoms with van der Waals surface area (Å²) in [6, 6.07) is 8.10. The Kier molecular flexibility index (Phi) is 5.03. The number of anilines is 1. The Morgan fingerprint density at radius 3 is 2.83 bits per heavy atom. The number of amides is 1. The van der Waals surface area contributed by atoms with E-state index in [0.717, 1.165) is 30.7 Å². The predicted octanol–water partition coefficient (Wildman–Crippen LogP) is 2.49. The van der Waals surface area contributed by atoms with Crippen LogP contribution in [0, 0.1) is 0 Å². The molecule has 23 heavy (non-hydrogen) atoms. The summed E-state index contributed by atoms with van der Waals surface area (Å²) in [5, 5.41) is 3.49. The highest BCUT2D eigenvalue weighted by molar-refractivity contribution is 8.18. The molecule has 122 valence electrons. The zero-order valence-electron chi connectivity index (χ0n) is 13.4. The summed E-state index contributed by atoms with van der Waals surface area (Å²) >= 11 is 1.39. The largest absolute Gasteiger partial charge is 0.378 e. The van der Waals surface area contributed by atoms with E-state index in [-0.39, 0.29) is 12.0 Å². The SMILES string of the molecule is CN(C)c1ccc(C=C2SC(=NCC3CCCO3)NC2=O)cc1. The van der Waals surface area contributed by atoms with E-state index in [1.807, 2.05) is 49.3 Å². The highest BCUT2D eigenvalue weighted by Crippen LogP contribution is 2.27. The van der Waals surface area contributed by atoms with E-state index in [1.54, 1.807) is 0 Å². The van der Waals surface area contributed by atoms with Crippen molar-refractivity contribution in [3.05, 3.63) is 34.7 Å². The third-order valence-corrected chi connectivity index (χ3v) is 4.77. The standard InChI is InChI=1S/C17H21N3O2S/c1-20(2)13-7-5-12(6-8-13)10-15-16(21)19-17(23-15)18-11-14-4-3-9-22-14/h5-8,10,14H,3-4,9,11H2,1-2H3,(H,18,19,21). The van der Waals surface area contributed by atoms with Crippen LogP contribution in [0.4, 0.5) is 5.69 Å². The molecular formula is C17H21N3O2S. The zero-order chi connectivity index (χ0) is 16.2. The number of rotatable bonds is 4. The maximum absolute atomic E-state index is 12.0. The highest BCUT2D eigenvalue weighted by atomic mass is 32.2. The van der Waals surface area contributed by atoms with Crippen LogP contribution in [-0.2, 0) is 9.53 Å². The number of benzene rings is 1. The molecule has 6 heteroatoms. The van der Waals surface area contributed by atoms with Gasteiger partial charge in [-0.15, -0.1) is 0 Å². The molecule has 1 unspecified atom stereocenters. The molecule has 2 fully saturated rings. The van der Waals surface area contributed by atoms with Crippen LogP contribution in [0.2, 0.25) is 0 Å². The predicted molar refractivity (Wildman–Crippen MR) is 95.8 cm³/mol. The van der Waals surface area contributed by atoms with E-state index in [4.69, 9.17) is 4.74 Å². The molecule has 1 atom stereocenters. The first kappa shape index (κ1) is 16.1. The summed E-state index contributed by atoms with van der Waals surface area (Å²) < 4.78 is 5.54. The van der Waals surface area contributed by atoms with Crippen LogP contribution >= 0.6 is 11.8 Å². The third kappa shape index (κ3) is 4.14. The average molecular weight is 331 g/mol. The van der Waals surface area contributed by atoms with Crippen molar-refractivity contribution >= 4 is 34.6 Å². The summed E-state index contributed by atoms with van der Waals surface area (Å²) in [4.78, 5) is 19.2. The van der Waals surface area contributed by atoms with Crippen molar-refractivity contribution in [2.45, 2.75) is 18.9 Å². The quantitative estimate of drug-likeness (QED) is 0.861. The molecule has 0 bridgehead atoms. The molecule has 0 spiro atoms. The highest BCUT2D eigenvalue weighted by Gasteiger charge is 2.24. The molecule has 1 aromatic rings. The fraction of sp³-hybridized carbons (Fsp3) is 0.412. The molecule has 0 saturated carbocycles. The average Bonchev–Trinajstić information content (AvgIpc) is 3.16. The molecular weight excluding hydrogens is 310 g/mol. The minimum atomic E-state index is -0.0854. The fourth-order valence-corrected chi connectivity index (χ4v) is 3.32. The van der Waals surface area contributed by atoms with Crippen LogP contribution in [0.5, 0.6) is 0 Å². The van der Waals surface area contributed by atoms with Crippen LogP contribution in [0.3, 0.4) is 0 Å². The Balaban J connectivity index is 1.65. The second kappa shape index (κ2) is 7.19. The molecule has 5 nitrogen and oxygen atoms in total. The van der Waals surface area contributed by atoms with Gasteiger partial charge in [0.05, 0.1) is 17.6 Å². The first-order valence-electron chi connectivity index (χ1n) is 7.76. The van der Waals surface area contributed by atoms with Gasteiger partial charge < -0.3 is 15.0 Å². The summed E-state index contributed by atoms with van der Waals surface area (Å²) in [5.41, 5.74) is 2.14. The smallest absolute Gasteiger partial charge is 0.264 e. The Bertz CT molecular complexity index is 632. The van der Waals surface area contributed by atoms with Gasteiger partial charge in [0.15, 0.2) is 5.17 Å². The number of carbonyl (C=O) groups is 1. The minimum absolute atomic E-state index is 0.0854. The van der Waals surface area contributed by atoms with E-state index in [2.05, 4.69) is 10.3 Å². The van der Waals surface area contributed by atoms with Gasteiger partial charge in [0, 0.05) is 26.4 Å². The van der Waals surface area contributed by atoms with Gasteiger partial charge in [0.25, 0.3) is 5.91 Å². The second-order valence-corrected chi connectivity index (χ2v) is 6.86. The van der Waals surface area contributed by atoms with Gasteiger partial charge in [-0.05, 0) is 48.4 Å². The molecule has 1 aromatic carbocycles. The number of amidine groups is 1. The number of thioether (sulfide) groups is 1. The van der Waals surface area contributed by atoms with E-state index in [0.29, 0.717) is 16.6 Å². The van der Waals surface area contributed by atoms with Gasteiger partial charge in [-0.1, -0.05) is 12.1 Å². The lowest BCUT2D eigenvalue weighted by molar-refractivity contribution is -0.115. The van der Waals surface area contributed by atoms with Crippen LogP contribution in [0.25, 0.3) is 6.08 Å². The van der Waals surface area contributed by atoms with Crippen molar-refractivity contribution in [2.75, 3.05) is 32.1 Å². The number of nitrogens with one attached hydrogen (secondary N) is 1. The molecule has 0 aromatic heterocycles. The lowest BCUT2D eigenvalue weighted by atomic mass is 10.2. The van der Waals surface area contributed by atoms with E-state index in [1.165, 1.54) is 11.8 Å². The van der Waals surface area contributed by atoms with Crippen LogP contribution in [-0.4, -0.2) is 44.4 Å². The van der Waals surface area contributed by atoms with Crippen LogP contribution < -0.4 is 10.2 Å². The molecule has 1 amide bonds. The number of ether oxygens (including phenoxy) is 1. The number of nitrogens with zero attached hydrogens (tertiary/aromatic N) is 2. The van der Waals surface area contributed by atoms with Gasteiger partial charge in [-0.25, -0.2) is 0 Å². The summed E-state index contributed by atoms with van der Waals surface area (Å²) in [6.45, 7) is 1.44. The van der Waals surface area contributed by atoms with Gasteiger partial charge in [0.1, 0.15) is 0 Å². The van der Waals surface area contributed by atoms with Crippen molar-refractivity contribution in [1.29, 1.82) is 0 Å². The maximum atomic E-state index is 12.0. The van der Waals surface area contributed by atoms with Gasteiger partial charge in [-0.2, -0.15) is 0 Å². The topological polar surface area (TPSA) is 53.9 Å². The molecule has 2 heterocycles. The van der Waals surface area contributed by atoms with Crippen molar-refractivity contribution < 1.29 is 9.53 Å². The van der Waals surface area contributed by atoms with Crippen molar-refractivity contribution in [3.8, 4) is 0 Å². The van der Waals surface area contributed by atoms with Gasteiger partial charge in [-0.3, -0.25) is 9.79 Å². The molecule has 2 aliphatic rings. The van der Waals surface area contributed by atoms with E-state index in [9.17, 15) is 4.79 Å². The second-order valence-electron chi connectivity index (χ2n) is 5.83. The van der Waals surface area contributed by atoms with Crippen molar-refractivity contribution in [1.82, 2.24) is 5.32 Å². The lowest BCUT2D eigenvalue weighted by Crippen LogP contribution is -2.21. The maximum Gasteiger partial charge on any atom is 0.264 e. The van der Waals surface area contributed by atoms with Crippen molar-refractivity contribution in [2.24, 2.45) is 4.99 Å². The van der Waals surface area contributed by atoms with Crippen LogP contribution in [0.15, 0.2) is 34.2 Å². The molecule has 1 N–H and O–H groups in total. The minimum Gasteiger partial charge on any atom is -0.378 e. The Hall–Kier alpha value is -1.79. The number of aliphatic imine (C=N–C) groups is 1. The lowest BCUT2D eigenvalue weighted by Gasteiger charge is -2.11. The molecule has 3 rings (SSSR count). The van der Waals surface area contributed by atoms with Crippen LogP contribution in [0.1, 0.15) is 18.4 Å². The first-order chi connectivity index (χ1) is 11.1. The third-order valence-electron chi connectivity index (χ3n) is 3.82. The molecule has 0 aliphatic carbocycles. The molecule has 0 radical (unpaired) electrons. The van der Waals surface area contributed by atoms with Gasteiger partial charge in [0.2, 0.25) is 0 Å². The first-order valence-corrected chi connectivity index (χ1v) is 8.58. The number of hydrogen-bond acceptors (Lipinski definition) is 5. The fourth-order valence-electron chi connectivity index (χ4n) is 2.49. The monoisotopic (exact) mass is 331 g/mol. The summed E-state index contributed by atoms with van der Waals surface area (Å²) in [5.74, 6) is -0.0854. The summed E-state index contributed by atoms with van der Waals surface area (Å²) in [6.07, 6.45) is 4.25. The number of carbonyl (C=O) groups excluding carboxylic acids is 1. The Morgan fingerprint density at radius 2 is 2.17 bits per heavy atom.